The average molecular weight is 350 g/mol. The van der Waals surface area contributed by atoms with Gasteiger partial charge in [-0.2, -0.15) is 5.10 Å². The molecule has 0 spiro atoms. The lowest BCUT2D eigenvalue weighted by atomic mass is 10.2. The Morgan fingerprint density at radius 2 is 2.08 bits per heavy atom. The van der Waals surface area contributed by atoms with Gasteiger partial charge in [-0.1, -0.05) is 6.92 Å². The van der Waals surface area contributed by atoms with Crippen molar-refractivity contribution in [2.24, 2.45) is 0 Å². The second kappa shape index (κ2) is 7.61. The van der Waals surface area contributed by atoms with Crippen LogP contribution in [-0.2, 0) is 17.7 Å². The molecule has 134 valence electrons. The van der Waals surface area contributed by atoms with Crippen LogP contribution in [0.3, 0.4) is 0 Å². The molecule has 3 aromatic rings. The molecule has 0 saturated carbocycles. The molecule has 7 heteroatoms. The summed E-state index contributed by atoms with van der Waals surface area (Å²) in [5.74, 6) is 1.70. The van der Waals surface area contributed by atoms with Crippen molar-refractivity contribution in [1.29, 1.82) is 0 Å². The maximum absolute atomic E-state index is 5.92. The number of pyridine rings is 1. The summed E-state index contributed by atoms with van der Waals surface area (Å²) in [7, 11) is 0. The highest BCUT2D eigenvalue weighted by atomic mass is 16.5. The number of rotatable bonds is 5. The van der Waals surface area contributed by atoms with Gasteiger partial charge in [-0.15, -0.1) is 0 Å². The Morgan fingerprint density at radius 3 is 2.85 bits per heavy atom. The van der Waals surface area contributed by atoms with Crippen LogP contribution >= 0.6 is 0 Å². The van der Waals surface area contributed by atoms with Crippen LogP contribution in [0.15, 0.2) is 49.1 Å². The maximum Gasteiger partial charge on any atom is 0.161 e. The highest BCUT2D eigenvalue weighted by molar-refractivity contribution is 5.57. The van der Waals surface area contributed by atoms with E-state index in [2.05, 4.69) is 33.0 Å². The van der Waals surface area contributed by atoms with Gasteiger partial charge in [0.15, 0.2) is 5.82 Å². The molecule has 4 rings (SSSR count). The van der Waals surface area contributed by atoms with Crippen molar-refractivity contribution in [3.8, 4) is 11.4 Å². The molecule has 1 aliphatic heterocycles. The molecule has 0 N–H and O–H groups in total. The minimum atomic E-state index is 0.0908. The van der Waals surface area contributed by atoms with Gasteiger partial charge in [-0.05, 0) is 24.6 Å². The molecule has 0 radical (unpaired) electrons. The van der Waals surface area contributed by atoms with Crippen LogP contribution in [-0.4, -0.2) is 50.5 Å². The zero-order chi connectivity index (χ0) is 17.8. The Kier molecular flexibility index (Phi) is 4.88. The Balaban J connectivity index is 1.58. The van der Waals surface area contributed by atoms with Crippen molar-refractivity contribution in [3.05, 3.63) is 54.7 Å². The molecule has 0 amide bonds. The maximum atomic E-state index is 5.92. The first-order chi connectivity index (χ1) is 12.8. The van der Waals surface area contributed by atoms with Crippen LogP contribution in [0, 0.1) is 0 Å². The normalized spacial score (nSPS) is 17.4. The number of aryl methyl sites for hydroxylation is 1. The molecule has 0 aliphatic carbocycles. The number of hydrogen-bond acceptors (Lipinski definition) is 6. The molecule has 1 atom stereocenters. The third kappa shape index (κ3) is 3.72. The second-order valence-corrected chi connectivity index (χ2v) is 6.30. The summed E-state index contributed by atoms with van der Waals surface area (Å²) in [4.78, 5) is 15.9. The van der Waals surface area contributed by atoms with E-state index in [1.807, 2.05) is 29.1 Å². The van der Waals surface area contributed by atoms with E-state index in [9.17, 15) is 0 Å². The van der Waals surface area contributed by atoms with E-state index in [-0.39, 0.29) is 6.10 Å². The molecule has 0 bridgehead atoms. The van der Waals surface area contributed by atoms with Gasteiger partial charge in [-0.25, -0.2) is 9.97 Å². The second-order valence-electron chi connectivity index (χ2n) is 6.30. The van der Waals surface area contributed by atoms with Gasteiger partial charge >= 0.3 is 0 Å². The molecular weight excluding hydrogens is 328 g/mol. The van der Waals surface area contributed by atoms with E-state index in [0.717, 1.165) is 49.0 Å². The molecular formula is C19H22N6O. The van der Waals surface area contributed by atoms with Crippen LogP contribution in [0.5, 0.6) is 0 Å². The van der Waals surface area contributed by atoms with E-state index in [0.29, 0.717) is 6.61 Å². The Bertz CT molecular complexity index is 837. The average Bonchev–Trinajstić information content (AvgIpc) is 3.21. The number of aromatic nitrogens is 5. The largest absolute Gasteiger partial charge is 0.373 e. The summed E-state index contributed by atoms with van der Waals surface area (Å²) in [5.41, 5.74) is 2.02. The van der Waals surface area contributed by atoms with Gasteiger partial charge in [0.25, 0.3) is 0 Å². The Hall–Kier alpha value is -2.80. The van der Waals surface area contributed by atoms with E-state index in [4.69, 9.17) is 9.72 Å². The van der Waals surface area contributed by atoms with Gasteiger partial charge < -0.3 is 9.64 Å². The van der Waals surface area contributed by atoms with Crippen LogP contribution in [0.2, 0.25) is 0 Å². The zero-order valence-corrected chi connectivity index (χ0v) is 14.8. The first-order valence-electron chi connectivity index (χ1n) is 8.94. The van der Waals surface area contributed by atoms with Crippen LogP contribution < -0.4 is 4.90 Å². The fourth-order valence-electron chi connectivity index (χ4n) is 3.11. The molecule has 3 aromatic heterocycles. The Labute approximate surface area is 152 Å². The third-order valence-electron chi connectivity index (χ3n) is 4.48. The van der Waals surface area contributed by atoms with Crippen molar-refractivity contribution in [3.63, 3.8) is 0 Å². The van der Waals surface area contributed by atoms with E-state index < -0.39 is 0 Å². The first kappa shape index (κ1) is 16.7. The summed E-state index contributed by atoms with van der Waals surface area (Å²) >= 11 is 0. The first-order valence-corrected chi connectivity index (χ1v) is 8.94. The number of ether oxygens (including phenoxy) is 1. The van der Waals surface area contributed by atoms with Crippen LogP contribution in [0.4, 0.5) is 5.82 Å². The van der Waals surface area contributed by atoms with Crippen LogP contribution in [0.25, 0.3) is 11.4 Å². The lowest BCUT2D eigenvalue weighted by Crippen LogP contribution is -2.44. The van der Waals surface area contributed by atoms with E-state index in [1.54, 1.807) is 18.6 Å². The Morgan fingerprint density at radius 1 is 1.19 bits per heavy atom. The number of hydrogen-bond donors (Lipinski definition) is 0. The van der Waals surface area contributed by atoms with Crippen molar-refractivity contribution in [2.45, 2.75) is 26.0 Å². The van der Waals surface area contributed by atoms with Crippen molar-refractivity contribution < 1.29 is 4.74 Å². The summed E-state index contributed by atoms with van der Waals surface area (Å²) in [5, 5.41) is 4.28. The fourth-order valence-corrected chi connectivity index (χ4v) is 3.11. The van der Waals surface area contributed by atoms with Crippen molar-refractivity contribution in [1.82, 2.24) is 24.7 Å². The van der Waals surface area contributed by atoms with Gasteiger partial charge in [0.1, 0.15) is 5.82 Å². The summed E-state index contributed by atoms with van der Waals surface area (Å²) in [6, 6.07) is 7.90. The third-order valence-corrected chi connectivity index (χ3v) is 4.48. The van der Waals surface area contributed by atoms with Gasteiger partial charge in [0.05, 0.1) is 19.3 Å². The molecule has 1 fully saturated rings. The zero-order valence-electron chi connectivity index (χ0n) is 14.8. The standard InChI is InChI=1S/C19H22N6O/c1-2-16-12-18(23-19(22-16)15-4-7-20-8-5-15)24-10-11-26-17(13-24)14-25-9-3-6-21-25/h3-9,12,17H,2,10-11,13-14H2,1H3. The topological polar surface area (TPSA) is 69.0 Å². The molecule has 7 nitrogen and oxygen atoms in total. The highest BCUT2D eigenvalue weighted by Gasteiger charge is 2.23. The minimum Gasteiger partial charge on any atom is -0.373 e. The number of morpholine rings is 1. The number of anilines is 1. The molecule has 26 heavy (non-hydrogen) atoms. The summed E-state index contributed by atoms with van der Waals surface area (Å²) in [6.07, 6.45) is 8.25. The minimum absolute atomic E-state index is 0.0908. The SMILES string of the molecule is CCc1cc(N2CCOC(Cn3cccn3)C2)nc(-c2ccncc2)n1. The van der Waals surface area contributed by atoms with E-state index in [1.165, 1.54) is 0 Å². The van der Waals surface area contributed by atoms with Gasteiger partial charge in [-0.3, -0.25) is 9.67 Å². The summed E-state index contributed by atoms with van der Waals surface area (Å²) < 4.78 is 7.83. The lowest BCUT2D eigenvalue weighted by molar-refractivity contribution is 0.0272. The summed E-state index contributed by atoms with van der Waals surface area (Å²) in [6.45, 7) is 5.15. The molecule has 1 unspecified atom stereocenters. The molecule has 4 heterocycles. The van der Waals surface area contributed by atoms with Gasteiger partial charge in [0.2, 0.25) is 0 Å². The molecule has 0 aromatic carbocycles. The van der Waals surface area contributed by atoms with E-state index >= 15 is 0 Å². The van der Waals surface area contributed by atoms with Crippen molar-refractivity contribution >= 4 is 5.82 Å². The predicted octanol–water partition coefficient (Wildman–Crippen LogP) is 2.20. The quantitative estimate of drug-likeness (QED) is 0.703. The van der Waals surface area contributed by atoms with Crippen molar-refractivity contribution in [2.75, 3.05) is 24.6 Å². The highest BCUT2D eigenvalue weighted by Crippen LogP contribution is 2.22. The van der Waals surface area contributed by atoms with Crippen LogP contribution in [0.1, 0.15) is 12.6 Å². The fraction of sp³-hybridized carbons (Fsp3) is 0.368. The molecule has 1 saturated heterocycles. The number of nitrogens with zero attached hydrogens (tertiary/aromatic N) is 6. The lowest BCUT2D eigenvalue weighted by Gasteiger charge is -2.34. The predicted molar refractivity (Wildman–Crippen MR) is 98.8 cm³/mol. The monoisotopic (exact) mass is 350 g/mol. The van der Waals surface area contributed by atoms with Gasteiger partial charge in [0, 0.05) is 55.2 Å². The smallest absolute Gasteiger partial charge is 0.161 e. The molecule has 1 aliphatic rings.